The SMILES string of the molecule is CCCCCCCC1CCC(CCc2ccc(-c3ccc(OCCCCCC)nn3)c(F)c2)CC1. The molecule has 0 radical (unpaired) electrons. The molecule has 0 N–H and O–H groups in total. The van der Waals surface area contributed by atoms with E-state index in [1.165, 1.54) is 89.9 Å². The second kappa shape index (κ2) is 15.9. The lowest BCUT2D eigenvalue weighted by atomic mass is 9.77. The molecule has 35 heavy (non-hydrogen) atoms. The predicted molar refractivity (Wildman–Crippen MR) is 144 cm³/mol. The van der Waals surface area contributed by atoms with E-state index in [-0.39, 0.29) is 5.82 Å². The minimum Gasteiger partial charge on any atom is -0.477 e. The van der Waals surface area contributed by atoms with E-state index in [1.54, 1.807) is 18.2 Å². The molecule has 1 aliphatic carbocycles. The average Bonchev–Trinajstić information content (AvgIpc) is 2.88. The number of aryl methyl sites for hydroxylation is 1. The van der Waals surface area contributed by atoms with Crippen LogP contribution in [0.2, 0.25) is 0 Å². The number of hydrogen-bond acceptors (Lipinski definition) is 3. The van der Waals surface area contributed by atoms with Crippen molar-refractivity contribution < 1.29 is 9.13 Å². The third kappa shape index (κ3) is 9.89. The summed E-state index contributed by atoms with van der Waals surface area (Å²) < 4.78 is 20.5. The molecule has 4 heteroatoms. The van der Waals surface area contributed by atoms with E-state index in [4.69, 9.17) is 4.74 Å². The zero-order chi connectivity index (χ0) is 24.7. The van der Waals surface area contributed by atoms with E-state index < -0.39 is 0 Å². The van der Waals surface area contributed by atoms with Gasteiger partial charge in [0.15, 0.2) is 0 Å². The summed E-state index contributed by atoms with van der Waals surface area (Å²) in [5.74, 6) is 2.04. The molecule has 3 rings (SSSR count). The van der Waals surface area contributed by atoms with Crippen molar-refractivity contribution in [2.24, 2.45) is 11.8 Å². The topological polar surface area (TPSA) is 35.0 Å². The van der Waals surface area contributed by atoms with Crippen LogP contribution in [0.5, 0.6) is 5.88 Å². The molecule has 1 fully saturated rings. The highest BCUT2D eigenvalue weighted by Crippen LogP contribution is 2.34. The van der Waals surface area contributed by atoms with Crippen LogP contribution in [0.25, 0.3) is 11.3 Å². The molecule has 2 aromatic rings. The zero-order valence-electron chi connectivity index (χ0n) is 22.2. The molecule has 0 unspecified atom stereocenters. The summed E-state index contributed by atoms with van der Waals surface area (Å²) in [5.41, 5.74) is 2.15. The number of hydrogen-bond donors (Lipinski definition) is 0. The minimum absolute atomic E-state index is 0.211. The summed E-state index contributed by atoms with van der Waals surface area (Å²) in [7, 11) is 0. The predicted octanol–water partition coefficient (Wildman–Crippen LogP) is 9.34. The molecule has 1 aromatic heterocycles. The molecule has 0 bridgehead atoms. The molecule has 194 valence electrons. The van der Waals surface area contributed by atoms with Crippen molar-refractivity contribution in [2.45, 2.75) is 117 Å². The smallest absolute Gasteiger partial charge is 0.233 e. The third-order valence-electron chi connectivity index (χ3n) is 7.72. The third-order valence-corrected chi connectivity index (χ3v) is 7.72. The summed E-state index contributed by atoms with van der Waals surface area (Å²) in [4.78, 5) is 0. The summed E-state index contributed by atoms with van der Waals surface area (Å²) >= 11 is 0. The van der Waals surface area contributed by atoms with E-state index in [2.05, 4.69) is 30.1 Å². The lowest BCUT2D eigenvalue weighted by Crippen LogP contribution is -2.15. The van der Waals surface area contributed by atoms with Gasteiger partial charge in [0.05, 0.1) is 12.3 Å². The molecule has 0 atom stereocenters. The van der Waals surface area contributed by atoms with Crippen LogP contribution in [0.1, 0.15) is 116 Å². The maximum absolute atomic E-state index is 14.9. The van der Waals surface area contributed by atoms with Crippen LogP contribution in [0.15, 0.2) is 30.3 Å². The van der Waals surface area contributed by atoms with Crippen LogP contribution in [0, 0.1) is 17.7 Å². The first-order valence-electron chi connectivity index (χ1n) is 14.4. The summed E-state index contributed by atoms with van der Waals surface area (Å²) in [5, 5.41) is 8.33. The van der Waals surface area contributed by atoms with E-state index in [0.717, 1.165) is 30.2 Å². The van der Waals surface area contributed by atoms with Gasteiger partial charge < -0.3 is 4.74 Å². The Labute approximate surface area is 213 Å². The lowest BCUT2D eigenvalue weighted by molar-refractivity contribution is 0.248. The van der Waals surface area contributed by atoms with Crippen LogP contribution in [0.3, 0.4) is 0 Å². The molecule has 1 aromatic carbocycles. The molecule has 0 saturated heterocycles. The number of aromatic nitrogens is 2. The quantitative estimate of drug-likeness (QED) is 0.224. The van der Waals surface area contributed by atoms with Gasteiger partial charge in [0.1, 0.15) is 5.82 Å². The number of rotatable bonds is 16. The Morgan fingerprint density at radius 3 is 2.11 bits per heavy atom. The number of ether oxygens (including phenoxy) is 1. The van der Waals surface area contributed by atoms with Gasteiger partial charge in [-0.1, -0.05) is 103 Å². The summed E-state index contributed by atoms with van der Waals surface area (Å²) in [6, 6.07) is 9.19. The molecule has 1 heterocycles. The standard InChI is InChI=1S/C31H47FN2O/c1-3-5-7-9-10-12-25-13-15-26(16-14-25)17-18-27-19-20-28(29(32)24-27)30-21-22-31(34-33-30)35-23-11-8-6-4-2/h19-22,24-26H,3-18,23H2,1-2H3. The normalized spacial score (nSPS) is 18.0. The Hall–Kier alpha value is -1.97. The minimum atomic E-state index is -0.211. The van der Waals surface area contributed by atoms with Crippen molar-refractivity contribution in [3.63, 3.8) is 0 Å². The first kappa shape index (κ1) is 27.6. The molecular formula is C31H47FN2O. The van der Waals surface area contributed by atoms with Crippen molar-refractivity contribution in [2.75, 3.05) is 6.61 Å². The van der Waals surface area contributed by atoms with E-state index in [9.17, 15) is 4.39 Å². The molecule has 1 saturated carbocycles. The highest BCUT2D eigenvalue weighted by atomic mass is 19.1. The molecule has 0 aliphatic heterocycles. The van der Waals surface area contributed by atoms with Gasteiger partial charge in [-0.2, -0.15) is 0 Å². The van der Waals surface area contributed by atoms with Gasteiger partial charge in [-0.15, -0.1) is 10.2 Å². The average molecular weight is 483 g/mol. The largest absolute Gasteiger partial charge is 0.477 e. The Morgan fingerprint density at radius 2 is 1.46 bits per heavy atom. The van der Waals surface area contributed by atoms with Crippen molar-refractivity contribution in [3.8, 4) is 17.1 Å². The van der Waals surface area contributed by atoms with Gasteiger partial charge in [-0.25, -0.2) is 4.39 Å². The number of nitrogens with zero attached hydrogens (tertiary/aromatic N) is 2. The fraction of sp³-hybridized carbons (Fsp3) is 0.677. The molecule has 0 spiro atoms. The maximum Gasteiger partial charge on any atom is 0.233 e. The number of benzene rings is 1. The van der Waals surface area contributed by atoms with Crippen molar-refractivity contribution in [3.05, 3.63) is 41.7 Å². The highest BCUT2D eigenvalue weighted by molar-refractivity contribution is 5.60. The second-order valence-corrected chi connectivity index (χ2v) is 10.6. The highest BCUT2D eigenvalue weighted by Gasteiger charge is 2.21. The number of unbranched alkanes of at least 4 members (excludes halogenated alkanes) is 7. The molecular weight excluding hydrogens is 435 g/mol. The van der Waals surface area contributed by atoms with Crippen LogP contribution in [-0.2, 0) is 6.42 Å². The van der Waals surface area contributed by atoms with E-state index >= 15 is 0 Å². The fourth-order valence-corrected chi connectivity index (χ4v) is 5.38. The first-order chi connectivity index (χ1) is 17.2. The summed E-state index contributed by atoms with van der Waals surface area (Å²) in [6.07, 6.45) is 20.6. The maximum atomic E-state index is 14.9. The van der Waals surface area contributed by atoms with Crippen LogP contribution in [-0.4, -0.2) is 16.8 Å². The Kier molecular flexibility index (Phi) is 12.6. The van der Waals surface area contributed by atoms with Gasteiger partial charge in [0.2, 0.25) is 5.88 Å². The Balaban J connectivity index is 1.39. The second-order valence-electron chi connectivity index (χ2n) is 10.6. The van der Waals surface area contributed by atoms with Gasteiger partial charge in [-0.05, 0) is 54.9 Å². The fourth-order valence-electron chi connectivity index (χ4n) is 5.38. The van der Waals surface area contributed by atoms with E-state index in [0.29, 0.717) is 23.7 Å². The van der Waals surface area contributed by atoms with Gasteiger partial charge in [0.25, 0.3) is 0 Å². The van der Waals surface area contributed by atoms with Crippen LogP contribution in [0.4, 0.5) is 4.39 Å². The molecule has 3 nitrogen and oxygen atoms in total. The zero-order valence-corrected chi connectivity index (χ0v) is 22.2. The van der Waals surface area contributed by atoms with Gasteiger partial charge >= 0.3 is 0 Å². The molecule has 0 amide bonds. The van der Waals surface area contributed by atoms with Crippen LogP contribution < -0.4 is 4.74 Å². The van der Waals surface area contributed by atoms with Gasteiger partial charge in [-0.3, -0.25) is 0 Å². The number of halogens is 1. The summed E-state index contributed by atoms with van der Waals surface area (Å²) in [6.45, 7) is 5.13. The van der Waals surface area contributed by atoms with Gasteiger partial charge in [0, 0.05) is 11.6 Å². The Bertz CT molecular complexity index is 830. The van der Waals surface area contributed by atoms with Crippen LogP contribution >= 0.6 is 0 Å². The monoisotopic (exact) mass is 482 g/mol. The first-order valence-corrected chi connectivity index (χ1v) is 14.4. The van der Waals surface area contributed by atoms with Crippen molar-refractivity contribution in [1.29, 1.82) is 0 Å². The Morgan fingerprint density at radius 1 is 0.771 bits per heavy atom. The van der Waals surface area contributed by atoms with E-state index in [1.807, 2.05) is 6.07 Å². The van der Waals surface area contributed by atoms with Crippen molar-refractivity contribution in [1.82, 2.24) is 10.2 Å². The lowest BCUT2D eigenvalue weighted by Gasteiger charge is -2.28. The van der Waals surface area contributed by atoms with Crippen molar-refractivity contribution >= 4 is 0 Å². The molecule has 1 aliphatic rings.